The summed E-state index contributed by atoms with van der Waals surface area (Å²) in [5.41, 5.74) is 2.13. The lowest BCUT2D eigenvalue weighted by Crippen LogP contribution is -2.41. The van der Waals surface area contributed by atoms with E-state index < -0.39 is 5.82 Å². The summed E-state index contributed by atoms with van der Waals surface area (Å²) in [6, 6.07) is 4.91. The summed E-state index contributed by atoms with van der Waals surface area (Å²) in [6.07, 6.45) is 5.12. The number of amides is 1. The van der Waals surface area contributed by atoms with Crippen molar-refractivity contribution in [3.05, 3.63) is 58.9 Å². The maximum absolute atomic E-state index is 13.9. The lowest BCUT2D eigenvalue weighted by molar-refractivity contribution is -0.130. The summed E-state index contributed by atoms with van der Waals surface area (Å²) in [5, 5.41) is 23.4. The van der Waals surface area contributed by atoms with E-state index in [1.165, 1.54) is 17.1 Å². The Kier molecular flexibility index (Phi) is 7.46. The zero-order valence-corrected chi connectivity index (χ0v) is 18.7. The molecule has 0 radical (unpaired) electrons. The maximum Gasteiger partial charge on any atom is 0.253 e. The van der Waals surface area contributed by atoms with Crippen molar-refractivity contribution in [3.8, 4) is 12.0 Å². The van der Waals surface area contributed by atoms with E-state index in [2.05, 4.69) is 30.8 Å². The standard InChI is InChI=1S/C22H24FN9O2/c1-15-17(3-4-19(23)18(15)10-24)20-13-25-5-7-31(6-2-8-34-20)21(33)9-16-11-26-22(27-12-16)32-14-28-29-30-32/h3-4,11-12,14,20,25H,2,5-9,13H2,1H3/t20-/m0/s1. The monoisotopic (exact) mass is 465 g/mol. The molecule has 3 heterocycles. The molecule has 1 N–H and O–H groups in total. The minimum atomic E-state index is -0.527. The summed E-state index contributed by atoms with van der Waals surface area (Å²) in [6.45, 7) is 4.32. The molecular weight excluding hydrogens is 441 g/mol. The number of hydrogen-bond acceptors (Lipinski definition) is 9. The van der Waals surface area contributed by atoms with Gasteiger partial charge in [-0.3, -0.25) is 4.79 Å². The van der Waals surface area contributed by atoms with Gasteiger partial charge in [0.2, 0.25) is 5.91 Å². The van der Waals surface area contributed by atoms with Crippen LogP contribution < -0.4 is 5.32 Å². The first-order chi connectivity index (χ1) is 16.6. The van der Waals surface area contributed by atoms with Gasteiger partial charge in [0.15, 0.2) is 0 Å². The fourth-order valence-corrected chi connectivity index (χ4v) is 3.83. The van der Waals surface area contributed by atoms with Gasteiger partial charge in [-0.15, -0.1) is 5.10 Å². The molecule has 0 aliphatic carbocycles. The second-order valence-corrected chi connectivity index (χ2v) is 7.87. The van der Waals surface area contributed by atoms with Gasteiger partial charge in [-0.2, -0.15) is 9.94 Å². The third kappa shape index (κ3) is 5.38. The normalized spacial score (nSPS) is 17.2. The Morgan fingerprint density at radius 1 is 1.32 bits per heavy atom. The van der Waals surface area contributed by atoms with Crippen LogP contribution in [0.3, 0.4) is 0 Å². The summed E-state index contributed by atoms with van der Waals surface area (Å²) in [4.78, 5) is 23.1. The highest BCUT2D eigenvalue weighted by Crippen LogP contribution is 2.25. The number of carbonyl (C=O) groups is 1. The minimum Gasteiger partial charge on any atom is -0.372 e. The van der Waals surface area contributed by atoms with Crippen molar-refractivity contribution in [1.29, 1.82) is 5.26 Å². The minimum absolute atomic E-state index is 0.0225. The Hall–Kier alpha value is -3.82. The van der Waals surface area contributed by atoms with Gasteiger partial charge in [0.1, 0.15) is 18.2 Å². The maximum atomic E-state index is 13.9. The molecule has 34 heavy (non-hydrogen) atoms. The molecule has 4 rings (SSSR count). The largest absolute Gasteiger partial charge is 0.372 e. The first-order valence-corrected chi connectivity index (χ1v) is 10.9. The molecule has 12 heteroatoms. The highest BCUT2D eigenvalue weighted by Gasteiger charge is 2.21. The van der Waals surface area contributed by atoms with Crippen LogP contribution in [0.2, 0.25) is 0 Å². The number of nitrogens with one attached hydrogen (secondary N) is 1. The molecule has 176 valence electrons. The number of aromatic nitrogens is 6. The predicted octanol–water partition coefficient (Wildman–Crippen LogP) is 0.894. The van der Waals surface area contributed by atoms with Gasteiger partial charge >= 0.3 is 0 Å². The fraction of sp³-hybridized carbons (Fsp3) is 0.409. The smallest absolute Gasteiger partial charge is 0.253 e. The Labute approximate surface area is 195 Å². The molecule has 1 aliphatic heterocycles. The molecule has 0 bridgehead atoms. The Morgan fingerprint density at radius 2 is 2.15 bits per heavy atom. The zero-order chi connectivity index (χ0) is 23.9. The van der Waals surface area contributed by atoms with Crippen LogP contribution in [-0.4, -0.2) is 73.8 Å². The highest BCUT2D eigenvalue weighted by atomic mass is 19.1. The number of halogens is 1. The summed E-state index contributed by atoms with van der Waals surface area (Å²) in [5.74, 6) is -0.221. The van der Waals surface area contributed by atoms with E-state index in [0.717, 1.165) is 5.56 Å². The van der Waals surface area contributed by atoms with Gasteiger partial charge in [-0.1, -0.05) is 6.07 Å². The topological polar surface area (TPSA) is 135 Å². The second kappa shape index (κ2) is 10.9. The van der Waals surface area contributed by atoms with Crippen molar-refractivity contribution in [3.63, 3.8) is 0 Å². The molecule has 0 spiro atoms. The van der Waals surface area contributed by atoms with E-state index in [1.54, 1.807) is 30.3 Å². The number of carbonyl (C=O) groups excluding carboxylic acids is 1. The van der Waals surface area contributed by atoms with Gasteiger partial charge in [0.05, 0.1) is 18.1 Å². The number of tetrazole rings is 1. The average molecular weight is 465 g/mol. The zero-order valence-electron chi connectivity index (χ0n) is 18.7. The van der Waals surface area contributed by atoms with Crippen molar-refractivity contribution in [2.75, 3.05) is 32.8 Å². The van der Waals surface area contributed by atoms with Crippen molar-refractivity contribution in [1.82, 2.24) is 40.4 Å². The summed E-state index contributed by atoms with van der Waals surface area (Å²) in [7, 11) is 0. The number of nitrogens with zero attached hydrogens (tertiary/aromatic N) is 8. The third-order valence-corrected chi connectivity index (χ3v) is 5.65. The van der Waals surface area contributed by atoms with Crippen LogP contribution in [0, 0.1) is 24.1 Å². The quantitative estimate of drug-likeness (QED) is 0.596. The molecule has 0 saturated carbocycles. The van der Waals surface area contributed by atoms with Crippen LogP contribution >= 0.6 is 0 Å². The number of rotatable bonds is 4. The first-order valence-electron chi connectivity index (χ1n) is 10.9. The molecular formula is C22H24FN9O2. The third-order valence-electron chi connectivity index (χ3n) is 5.65. The molecule has 1 saturated heterocycles. The molecule has 1 aromatic carbocycles. The van der Waals surface area contributed by atoms with Crippen LogP contribution in [0.15, 0.2) is 30.9 Å². The fourth-order valence-electron chi connectivity index (χ4n) is 3.83. The van der Waals surface area contributed by atoms with Crippen LogP contribution in [-0.2, 0) is 16.0 Å². The van der Waals surface area contributed by atoms with Gasteiger partial charge in [0.25, 0.3) is 5.95 Å². The predicted molar refractivity (Wildman–Crippen MR) is 117 cm³/mol. The molecule has 11 nitrogen and oxygen atoms in total. The highest BCUT2D eigenvalue weighted by molar-refractivity contribution is 5.78. The number of nitriles is 1. The number of hydrogen-bond donors (Lipinski definition) is 1. The van der Waals surface area contributed by atoms with E-state index in [9.17, 15) is 14.4 Å². The van der Waals surface area contributed by atoms with Crippen LogP contribution in [0.4, 0.5) is 4.39 Å². The van der Waals surface area contributed by atoms with Crippen molar-refractivity contribution in [2.24, 2.45) is 0 Å². The van der Waals surface area contributed by atoms with Crippen LogP contribution in [0.25, 0.3) is 5.95 Å². The van der Waals surface area contributed by atoms with E-state index in [1.807, 2.05) is 6.07 Å². The molecule has 1 atom stereocenters. The van der Waals surface area contributed by atoms with Gasteiger partial charge in [0, 0.05) is 45.2 Å². The van der Waals surface area contributed by atoms with Crippen LogP contribution in [0.5, 0.6) is 0 Å². The van der Waals surface area contributed by atoms with E-state index in [-0.39, 0.29) is 24.0 Å². The number of benzene rings is 1. The van der Waals surface area contributed by atoms with Crippen molar-refractivity contribution in [2.45, 2.75) is 25.9 Å². The molecule has 1 fully saturated rings. The van der Waals surface area contributed by atoms with E-state index >= 15 is 0 Å². The Morgan fingerprint density at radius 3 is 2.88 bits per heavy atom. The lowest BCUT2D eigenvalue weighted by atomic mass is 9.98. The molecule has 0 unspecified atom stereocenters. The summed E-state index contributed by atoms with van der Waals surface area (Å²) >= 11 is 0. The molecule has 2 aromatic heterocycles. The lowest BCUT2D eigenvalue weighted by Gasteiger charge is -2.27. The van der Waals surface area contributed by atoms with Crippen molar-refractivity contribution >= 4 is 5.91 Å². The molecule has 1 aliphatic rings. The van der Waals surface area contributed by atoms with Gasteiger partial charge in [-0.05, 0) is 46.5 Å². The Bertz CT molecular complexity index is 1150. The Balaban J connectivity index is 1.34. The number of ether oxygens (including phenoxy) is 1. The average Bonchev–Trinajstić information content (AvgIpc) is 3.38. The molecule has 1 amide bonds. The second-order valence-electron chi connectivity index (χ2n) is 7.87. The first kappa shape index (κ1) is 23.3. The van der Waals surface area contributed by atoms with Crippen LogP contribution in [0.1, 0.15) is 34.8 Å². The van der Waals surface area contributed by atoms with Gasteiger partial charge in [-0.25, -0.2) is 14.4 Å². The van der Waals surface area contributed by atoms with Gasteiger partial charge < -0.3 is 15.0 Å². The summed E-state index contributed by atoms with van der Waals surface area (Å²) < 4.78 is 21.3. The van der Waals surface area contributed by atoms with Crippen molar-refractivity contribution < 1.29 is 13.9 Å². The van der Waals surface area contributed by atoms with E-state index in [4.69, 9.17) is 4.74 Å². The molecule has 3 aromatic rings. The SMILES string of the molecule is Cc1c([C@@H]2CNCCN(C(=O)Cc3cnc(-n4cnnn4)nc3)CCCO2)ccc(F)c1C#N. The van der Waals surface area contributed by atoms with E-state index in [0.29, 0.717) is 56.3 Å².